The van der Waals surface area contributed by atoms with Crippen LogP contribution in [0.25, 0.3) is 0 Å². The van der Waals surface area contributed by atoms with Gasteiger partial charge in [-0.25, -0.2) is 0 Å². The van der Waals surface area contributed by atoms with Crippen LogP contribution in [0.4, 0.5) is 0 Å². The number of rotatable bonds is 4. The van der Waals surface area contributed by atoms with Crippen molar-refractivity contribution in [3.63, 3.8) is 0 Å². The molecule has 0 radical (unpaired) electrons. The van der Waals surface area contributed by atoms with Crippen molar-refractivity contribution in [3.8, 4) is 0 Å². The van der Waals surface area contributed by atoms with Crippen LogP contribution < -0.4 is 0 Å². The summed E-state index contributed by atoms with van der Waals surface area (Å²) in [5.41, 5.74) is 0. The third kappa shape index (κ3) is 3.90. The van der Waals surface area contributed by atoms with Gasteiger partial charge in [-0.15, -0.1) is 0 Å². The first-order valence-electron chi connectivity index (χ1n) is 5.34. The van der Waals surface area contributed by atoms with Gasteiger partial charge in [-0.3, -0.25) is 4.79 Å². The third-order valence-corrected chi connectivity index (χ3v) is 2.62. The Morgan fingerprint density at radius 2 is 1.92 bits per heavy atom. The average Bonchev–Trinajstić information content (AvgIpc) is 2.15. The maximum absolute atomic E-state index is 11.6. The van der Waals surface area contributed by atoms with E-state index in [4.69, 9.17) is 4.74 Å². The molecule has 76 valence electrons. The summed E-state index contributed by atoms with van der Waals surface area (Å²) in [6, 6.07) is 0. The molecule has 1 rings (SSSR count). The lowest BCUT2D eigenvalue weighted by atomic mass is 9.86. The lowest BCUT2D eigenvalue weighted by molar-refractivity contribution is -0.129. The third-order valence-electron chi connectivity index (χ3n) is 2.62. The second kappa shape index (κ2) is 5.38. The topological polar surface area (TPSA) is 26.3 Å². The van der Waals surface area contributed by atoms with Gasteiger partial charge < -0.3 is 4.74 Å². The molecule has 0 aliphatic heterocycles. The minimum Gasteiger partial charge on any atom is -0.371 e. The van der Waals surface area contributed by atoms with E-state index in [1.807, 2.05) is 13.8 Å². The number of hydrogen-bond acceptors (Lipinski definition) is 2. The zero-order chi connectivity index (χ0) is 9.68. The Labute approximate surface area is 80.7 Å². The maximum Gasteiger partial charge on any atom is 0.161 e. The van der Waals surface area contributed by atoms with Crippen molar-refractivity contribution < 1.29 is 9.53 Å². The first-order valence-corrected chi connectivity index (χ1v) is 5.34. The quantitative estimate of drug-likeness (QED) is 0.671. The van der Waals surface area contributed by atoms with Crippen LogP contribution in [0.1, 0.15) is 46.0 Å². The van der Waals surface area contributed by atoms with Crippen molar-refractivity contribution in [2.24, 2.45) is 5.92 Å². The Balaban J connectivity index is 2.21. The predicted molar refractivity (Wildman–Crippen MR) is 52.7 cm³/mol. The second-order valence-corrected chi connectivity index (χ2v) is 4.16. The molecule has 1 aliphatic carbocycles. The molecule has 1 aliphatic rings. The van der Waals surface area contributed by atoms with E-state index in [1.165, 1.54) is 19.3 Å². The first-order chi connectivity index (χ1) is 6.20. The van der Waals surface area contributed by atoms with Crippen LogP contribution >= 0.6 is 0 Å². The fourth-order valence-corrected chi connectivity index (χ4v) is 1.79. The van der Waals surface area contributed by atoms with Gasteiger partial charge in [0, 0.05) is 5.92 Å². The molecule has 0 spiro atoms. The summed E-state index contributed by atoms with van der Waals surface area (Å²) in [4.78, 5) is 11.6. The molecule has 13 heavy (non-hydrogen) atoms. The van der Waals surface area contributed by atoms with Crippen LogP contribution in [-0.2, 0) is 9.53 Å². The zero-order valence-electron chi connectivity index (χ0n) is 8.71. The van der Waals surface area contributed by atoms with Crippen LogP contribution in [0.2, 0.25) is 0 Å². The van der Waals surface area contributed by atoms with Gasteiger partial charge in [-0.1, -0.05) is 19.3 Å². The minimum atomic E-state index is 0.174. The number of Topliss-reactive ketones (excluding diaryl/α,β-unsaturated/α-hetero) is 1. The van der Waals surface area contributed by atoms with Crippen molar-refractivity contribution >= 4 is 5.78 Å². The van der Waals surface area contributed by atoms with Gasteiger partial charge in [0.1, 0.15) is 6.61 Å². The molecule has 2 heteroatoms. The fourth-order valence-electron chi connectivity index (χ4n) is 1.79. The highest BCUT2D eigenvalue weighted by atomic mass is 16.5. The van der Waals surface area contributed by atoms with Crippen molar-refractivity contribution in [1.82, 2.24) is 0 Å². The molecule has 1 fully saturated rings. The van der Waals surface area contributed by atoms with Gasteiger partial charge in [0.15, 0.2) is 5.78 Å². The van der Waals surface area contributed by atoms with Gasteiger partial charge in [0.2, 0.25) is 0 Å². The summed E-state index contributed by atoms with van der Waals surface area (Å²) in [5.74, 6) is 0.612. The van der Waals surface area contributed by atoms with Gasteiger partial charge >= 0.3 is 0 Å². The molecule has 0 N–H and O–H groups in total. The van der Waals surface area contributed by atoms with Crippen molar-refractivity contribution in [1.29, 1.82) is 0 Å². The van der Waals surface area contributed by atoms with Gasteiger partial charge in [-0.2, -0.15) is 0 Å². The molecule has 0 bridgehead atoms. The van der Waals surface area contributed by atoms with E-state index in [0.29, 0.717) is 18.3 Å². The van der Waals surface area contributed by atoms with E-state index in [-0.39, 0.29) is 6.10 Å². The van der Waals surface area contributed by atoms with Crippen LogP contribution in [0.5, 0.6) is 0 Å². The number of carbonyl (C=O) groups excluding carboxylic acids is 1. The van der Waals surface area contributed by atoms with Crippen LogP contribution in [0.3, 0.4) is 0 Å². The molecule has 0 amide bonds. The summed E-state index contributed by atoms with van der Waals surface area (Å²) >= 11 is 0. The summed E-state index contributed by atoms with van der Waals surface area (Å²) in [6.45, 7) is 4.25. The first kappa shape index (κ1) is 10.7. The average molecular weight is 184 g/mol. The molecular weight excluding hydrogens is 164 g/mol. The lowest BCUT2D eigenvalue weighted by Crippen LogP contribution is -2.23. The highest BCUT2D eigenvalue weighted by molar-refractivity contribution is 5.82. The smallest absolute Gasteiger partial charge is 0.161 e. The van der Waals surface area contributed by atoms with E-state index in [2.05, 4.69) is 0 Å². The van der Waals surface area contributed by atoms with Crippen LogP contribution in [0.15, 0.2) is 0 Å². The van der Waals surface area contributed by atoms with E-state index in [0.717, 1.165) is 12.8 Å². The standard InChI is InChI=1S/C11H20O2/c1-9(2)13-8-11(12)10-6-4-3-5-7-10/h9-10H,3-8H2,1-2H3. The number of carbonyl (C=O) groups is 1. The van der Waals surface area contributed by atoms with E-state index < -0.39 is 0 Å². The Morgan fingerprint density at radius 1 is 1.31 bits per heavy atom. The summed E-state index contributed by atoms with van der Waals surface area (Å²) < 4.78 is 5.31. The number of ether oxygens (including phenoxy) is 1. The van der Waals surface area contributed by atoms with Crippen molar-refractivity contribution in [2.75, 3.05) is 6.61 Å². The van der Waals surface area contributed by atoms with Crippen LogP contribution in [0, 0.1) is 5.92 Å². The SMILES string of the molecule is CC(C)OCC(=O)C1CCCCC1. The molecule has 0 unspecified atom stereocenters. The highest BCUT2D eigenvalue weighted by Crippen LogP contribution is 2.24. The van der Waals surface area contributed by atoms with Crippen molar-refractivity contribution in [2.45, 2.75) is 52.1 Å². The van der Waals surface area contributed by atoms with E-state index >= 15 is 0 Å². The normalized spacial score (nSPS) is 19.3. The van der Waals surface area contributed by atoms with E-state index in [9.17, 15) is 4.79 Å². The van der Waals surface area contributed by atoms with Crippen molar-refractivity contribution in [3.05, 3.63) is 0 Å². The Kier molecular flexibility index (Phi) is 4.43. The summed E-state index contributed by atoms with van der Waals surface area (Å²) in [6.07, 6.45) is 6.08. The molecule has 2 nitrogen and oxygen atoms in total. The molecule has 0 aromatic rings. The summed E-state index contributed by atoms with van der Waals surface area (Å²) in [5, 5.41) is 0. The molecule has 0 aromatic carbocycles. The van der Waals surface area contributed by atoms with Gasteiger partial charge in [-0.05, 0) is 26.7 Å². The maximum atomic E-state index is 11.6. The number of hydrogen-bond donors (Lipinski definition) is 0. The monoisotopic (exact) mass is 184 g/mol. The highest BCUT2D eigenvalue weighted by Gasteiger charge is 2.20. The lowest BCUT2D eigenvalue weighted by Gasteiger charge is -2.20. The Hall–Kier alpha value is -0.370. The minimum absolute atomic E-state index is 0.174. The molecule has 0 aromatic heterocycles. The van der Waals surface area contributed by atoms with Crippen LogP contribution in [-0.4, -0.2) is 18.5 Å². The molecule has 0 saturated heterocycles. The predicted octanol–water partition coefficient (Wildman–Crippen LogP) is 2.56. The van der Waals surface area contributed by atoms with Gasteiger partial charge in [0.25, 0.3) is 0 Å². The Bertz CT molecular complexity index is 157. The second-order valence-electron chi connectivity index (χ2n) is 4.16. The van der Waals surface area contributed by atoms with Gasteiger partial charge in [0.05, 0.1) is 6.10 Å². The van der Waals surface area contributed by atoms with E-state index in [1.54, 1.807) is 0 Å². The zero-order valence-corrected chi connectivity index (χ0v) is 8.71. The molecular formula is C11H20O2. The fraction of sp³-hybridized carbons (Fsp3) is 0.909. The molecule has 0 atom stereocenters. The Morgan fingerprint density at radius 3 is 2.46 bits per heavy atom. The molecule has 1 saturated carbocycles. The largest absolute Gasteiger partial charge is 0.371 e. The number of ketones is 1. The molecule has 0 heterocycles. The summed E-state index contributed by atoms with van der Waals surface area (Å²) in [7, 11) is 0.